The lowest BCUT2D eigenvalue weighted by atomic mass is 9.96. The largest absolute Gasteiger partial charge is 0.396 e. The van der Waals surface area contributed by atoms with Gasteiger partial charge in [0.05, 0.1) is 19.8 Å². The van der Waals surface area contributed by atoms with E-state index in [9.17, 15) is 5.11 Å². The minimum absolute atomic E-state index is 0.0662. The van der Waals surface area contributed by atoms with Gasteiger partial charge in [0.2, 0.25) is 0 Å². The Morgan fingerprint density at radius 2 is 1.94 bits per heavy atom. The van der Waals surface area contributed by atoms with Crippen molar-refractivity contribution in [3.63, 3.8) is 0 Å². The molecule has 3 nitrogen and oxygen atoms in total. The van der Waals surface area contributed by atoms with Gasteiger partial charge in [0.1, 0.15) is 0 Å². The maximum Gasteiger partial charge on any atom is 0.155 e. The Labute approximate surface area is 114 Å². The summed E-state index contributed by atoms with van der Waals surface area (Å²) in [6.07, 6.45) is -0.291. The topological polar surface area (TPSA) is 38.7 Å². The van der Waals surface area contributed by atoms with Crippen LogP contribution in [0.25, 0.3) is 0 Å². The SMILES string of the molecule is C=C(C)COC(C)OCC(CO)(CBr)CBr. The third-order valence-corrected chi connectivity index (χ3v) is 4.47. The van der Waals surface area contributed by atoms with E-state index in [4.69, 9.17) is 9.47 Å². The van der Waals surface area contributed by atoms with Crippen molar-refractivity contribution in [1.29, 1.82) is 0 Å². The highest BCUT2D eigenvalue weighted by atomic mass is 79.9. The van der Waals surface area contributed by atoms with Crippen molar-refractivity contribution in [2.75, 3.05) is 30.5 Å². The maximum atomic E-state index is 9.31. The van der Waals surface area contributed by atoms with Crippen molar-refractivity contribution in [3.05, 3.63) is 12.2 Å². The molecule has 0 spiro atoms. The molecule has 0 aliphatic heterocycles. The molecule has 0 amide bonds. The lowest BCUT2D eigenvalue weighted by Crippen LogP contribution is -2.36. The van der Waals surface area contributed by atoms with Gasteiger partial charge in [0.15, 0.2) is 6.29 Å². The molecular weight excluding hydrogens is 340 g/mol. The van der Waals surface area contributed by atoms with Crippen LogP contribution in [0.5, 0.6) is 0 Å². The molecule has 0 rings (SSSR count). The zero-order valence-electron chi connectivity index (χ0n) is 9.84. The third kappa shape index (κ3) is 6.35. The summed E-state index contributed by atoms with van der Waals surface area (Å²) in [4.78, 5) is 0. The molecule has 0 bridgehead atoms. The molecule has 1 unspecified atom stereocenters. The number of ether oxygens (including phenoxy) is 2. The van der Waals surface area contributed by atoms with E-state index in [-0.39, 0.29) is 18.3 Å². The van der Waals surface area contributed by atoms with Gasteiger partial charge in [-0.3, -0.25) is 0 Å². The van der Waals surface area contributed by atoms with Gasteiger partial charge in [0, 0.05) is 16.1 Å². The minimum atomic E-state index is -0.291. The summed E-state index contributed by atoms with van der Waals surface area (Å²) >= 11 is 6.76. The highest BCUT2D eigenvalue weighted by Crippen LogP contribution is 2.23. The second kappa shape index (κ2) is 8.64. The zero-order chi connectivity index (χ0) is 12.6. The number of rotatable bonds is 9. The number of alkyl halides is 2. The van der Waals surface area contributed by atoms with E-state index in [0.29, 0.717) is 23.9 Å². The van der Waals surface area contributed by atoms with E-state index in [1.807, 2.05) is 13.8 Å². The monoisotopic (exact) mass is 358 g/mol. The number of hydrogen-bond donors (Lipinski definition) is 1. The first-order chi connectivity index (χ1) is 7.49. The van der Waals surface area contributed by atoms with Crippen LogP contribution in [-0.2, 0) is 9.47 Å². The van der Waals surface area contributed by atoms with Crippen molar-refractivity contribution >= 4 is 31.9 Å². The standard InChI is InChI=1S/C11H20Br2O3/c1-9(2)4-15-10(3)16-8-11(5-12,6-13)7-14/h10,14H,1,4-8H2,2-3H3. The number of aliphatic hydroxyl groups excluding tert-OH is 1. The van der Waals surface area contributed by atoms with Gasteiger partial charge in [-0.25, -0.2) is 0 Å². The van der Waals surface area contributed by atoms with Crippen molar-refractivity contribution in [2.24, 2.45) is 5.41 Å². The molecule has 16 heavy (non-hydrogen) atoms. The number of halogens is 2. The van der Waals surface area contributed by atoms with Crippen LogP contribution in [0.4, 0.5) is 0 Å². The molecule has 0 heterocycles. The Kier molecular flexibility index (Phi) is 8.95. The molecule has 0 fully saturated rings. The molecule has 1 atom stereocenters. The van der Waals surface area contributed by atoms with Crippen LogP contribution >= 0.6 is 31.9 Å². The minimum Gasteiger partial charge on any atom is -0.396 e. The Bertz CT molecular complexity index is 197. The van der Waals surface area contributed by atoms with Crippen LogP contribution in [0.15, 0.2) is 12.2 Å². The van der Waals surface area contributed by atoms with Crippen LogP contribution < -0.4 is 0 Å². The van der Waals surface area contributed by atoms with Gasteiger partial charge in [0.25, 0.3) is 0 Å². The molecule has 0 aliphatic rings. The lowest BCUT2D eigenvalue weighted by molar-refractivity contribution is -0.144. The third-order valence-electron chi connectivity index (χ3n) is 2.09. The second-order valence-electron chi connectivity index (χ2n) is 4.07. The van der Waals surface area contributed by atoms with Crippen molar-refractivity contribution in [3.8, 4) is 0 Å². The molecule has 0 aliphatic carbocycles. The molecule has 0 saturated carbocycles. The van der Waals surface area contributed by atoms with Crippen LogP contribution in [0.3, 0.4) is 0 Å². The Morgan fingerprint density at radius 1 is 1.38 bits per heavy atom. The predicted molar refractivity (Wildman–Crippen MR) is 73.3 cm³/mol. The van der Waals surface area contributed by atoms with Gasteiger partial charge in [-0.15, -0.1) is 0 Å². The molecule has 1 N–H and O–H groups in total. The maximum absolute atomic E-state index is 9.31. The zero-order valence-corrected chi connectivity index (χ0v) is 13.0. The van der Waals surface area contributed by atoms with Gasteiger partial charge in [-0.05, 0) is 13.8 Å². The van der Waals surface area contributed by atoms with Crippen molar-refractivity contribution in [2.45, 2.75) is 20.1 Å². The fourth-order valence-electron chi connectivity index (χ4n) is 0.845. The van der Waals surface area contributed by atoms with Gasteiger partial charge in [-0.1, -0.05) is 44.0 Å². The summed E-state index contributed by atoms with van der Waals surface area (Å²) in [6, 6.07) is 0. The average Bonchev–Trinajstić information content (AvgIpc) is 2.29. The number of hydrogen-bond acceptors (Lipinski definition) is 3. The van der Waals surface area contributed by atoms with Crippen LogP contribution in [0.1, 0.15) is 13.8 Å². The molecule has 0 aromatic heterocycles. The summed E-state index contributed by atoms with van der Waals surface area (Å²) in [5.41, 5.74) is 0.672. The first-order valence-electron chi connectivity index (χ1n) is 5.10. The van der Waals surface area contributed by atoms with Gasteiger partial charge >= 0.3 is 0 Å². The highest BCUT2D eigenvalue weighted by Gasteiger charge is 2.28. The molecule has 0 saturated heterocycles. The van der Waals surface area contributed by atoms with Crippen molar-refractivity contribution < 1.29 is 14.6 Å². The summed E-state index contributed by atoms with van der Waals surface area (Å²) in [6.45, 7) is 8.50. The first kappa shape index (κ1) is 16.6. The molecule has 0 aromatic carbocycles. The summed E-state index contributed by atoms with van der Waals surface area (Å²) < 4.78 is 10.9. The predicted octanol–water partition coefficient (Wildman–Crippen LogP) is 2.71. The van der Waals surface area contributed by atoms with Gasteiger partial charge in [-0.2, -0.15) is 0 Å². The van der Waals surface area contributed by atoms with Crippen molar-refractivity contribution in [1.82, 2.24) is 0 Å². The molecule has 0 aromatic rings. The summed E-state index contributed by atoms with van der Waals surface area (Å²) in [5.74, 6) is 0. The average molecular weight is 360 g/mol. The first-order valence-corrected chi connectivity index (χ1v) is 7.34. The molecule has 96 valence electrons. The fraction of sp³-hybridized carbons (Fsp3) is 0.818. The molecular formula is C11H20Br2O3. The Hall–Kier alpha value is 0.580. The van der Waals surface area contributed by atoms with E-state index >= 15 is 0 Å². The summed E-state index contributed by atoms with van der Waals surface area (Å²) in [7, 11) is 0. The normalized spacial score (nSPS) is 13.8. The van der Waals surface area contributed by atoms with Crippen LogP contribution in [-0.4, -0.2) is 41.9 Å². The highest BCUT2D eigenvalue weighted by molar-refractivity contribution is 9.09. The van der Waals surface area contributed by atoms with Crippen LogP contribution in [0, 0.1) is 5.41 Å². The number of aliphatic hydroxyl groups is 1. The Morgan fingerprint density at radius 3 is 2.31 bits per heavy atom. The molecule has 0 radical (unpaired) electrons. The quantitative estimate of drug-likeness (QED) is 0.391. The van der Waals surface area contributed by atoms with E-state index < -0.39 is 0 Å². The van der Waals surface area contributed by atoms with Gasteiger partial charge < -0.3 is 14.6 Å². The van der Waals surface area contributed by atoms with E-state index in [0.717, 1.165) is 5.57 Å². The lowest BCUT2D eigenvalue weighted by Gasteiger charge is -2.28. The molecule has 5 heteroatoms. The Balaban J connectivity index is 3.96. The second-order valence-corrected chi connectivity index (χ2v) is 5.19. The van der Waals surface area contributed by atoms with E-state index in [1.54, 1.807) is 0 Å². The van der Waals surface area contributed by atoms with E-state index in [2.05, 4.69) is 38.4 Å². The summed E-state index contributed by atoms with van der Waals surface area (Å²) in [5, 5.41) is 10.7. The fourth-order valence-corrected chi connectivity index (χ4v) is 2.45. The smallest absolute Gasteiger partial charge is 0.155 e. The van der Waals surface area contributed by atoms with Crippen LogP contribution in [0.2, 0.25) is 0 Å². The van der Waals surface area contributed by atoms with E-state index in [1.165, 1.54) is 0 Å².